The number of nitrogens with one attached hydrogen (secondary N) is 1. The molecule has 98 valence electrons. The van der Waals surface area contributed by atoms with Crippen molar-refractivity contribution in [2.45, 2.75) is 18.6 Å². The van der Waals surface area contributed by atoms with E-state index in [1.54, 1.807) is 14.2 Å². The molecule has 0 fully saturated rings. The number of amidine groups is 1. The summed E-state index contributed by atoms with van der Waals surface area (Å²) in [4.78, 5) is 4.53. The van der Waals surface area contributed by atoms with E-state index in [9.17, 15) is 0 Å². The van der Waals surface area contributed by atoms with Crippen LogP contribution in [0.3, 0.4) is 0 Å². The third kappa shape index (κ3) is 3.31. The Kier molecular flexibility index (Phi) is 4.73. The molecule has 0 saturated carbocycles. The predicted molar refractivity (Wildman–Crippen MR) is 71.9 cm³/mol. The van der Waals surface area contributed by atoms with Crippen molar-refractivity contribution in [3.8, 4) is 0 Å². The molecule has 1 aliphatic rings. The van der Waals surface area contributed by atoms with E-state index in [1.165, 1.54) is 5.56 Å². The topological polar surface area (TPSA) is 42.8 Å². The zero-order valence-electron chi connectivity index (χ0n) is 10.9. The normalized spacial score (nSPS) is 19.1. The molecule has 1 unspecified atom stereocenters. The van der Waals surface area contributed by atoms with E-state index in [1.807, 2.05) is 6.07 Å². The van der Waals surface area contributed by atoms with Crippen LogP contribution in [0.1, 0.15) is 17.9 Å². The minimum atomic E-state index is -0.219. The number of hydrogen-bond acceptors (Lipinski definition) is 4. The summed E-state index contributed by atoms with van der Waals surface area (Å²) in [5.41, 5.74) is 1.35. The van der Waals surface area contributed by atoms with Gasteiger partial charge in [0.25, 0.3) is 0 Å². The molecule has 0 bridgehead atoms. The molecule has 0 amide bonds. The van der Waals surface area contributed by atoms with E-state index < -0.39 is 0 Å². The molecule has 1 aromatic rings. The number of nitrogens with zero attached hydrogens (tertiary/aromatic N) is 1. The van der Waals surface area contributed by atoms with Crippen molar-refractivity contribution >= 4 is 5.84 Å². The van der Waals surface area contributed by atoms with Crippen LogP contribution in [0.15, 0.2) is 35.3 Å². The quantitative estimate of drug-likeness (QED) is 0.808. The van der Waals surface area contributed by atoms with Gasteiger partial charge in [0.15, 0.2) is 6.29 Å². The Bertz CT molecular complexity index is 388. The number of benzene rings is 1. The predicted octanol–water partition coefficient (Wildman–Crippen LogP) is 1.78. The summed E-state index contributed by atoms with van der Waals surface area (Å²) in [5, 5.41) is 3.28. The van der Waals surface area contributed by atoms with E-state index in [0.29, 0.717) is 12.5 Å². The van der Waals surface area contributed by atoms with Gasteiger partial charge in [-0.05, 0) is 5.56 Å². The first kappa shape index (κ1) is 13.1. The SMILES string of the molecule is COC(CNC1=NCC(c2ccccc2)C1)OC. The average Bonchev–Trinajstić information content (AvgIpc) is 2.90. The zero-order chi connectivity index (χ0) is 12.8. The lowest BCUT2D eigenvalue weighted by atomic mass is 9.98. The van der Waals surface area contributed by atoms with Crippen LogP contribution in [0, 0.1) is 0 Å². The summed E-state index contributed by atoms with van der Waals surface area (Å²) >= 11 is 0. The summed E-state index contributed by atoms with van der Waals surface area (Å²) in [5.74, 6) is 1.54. The lowest BCUT2D eigenvalue weighted by molar-refractivity contribution is -0.0965. The highest BCUT2D eigenvalue weighted by atomic mass is 16.7. The highest BCUT2D eigenvalue weighted by molar-refractivity contribution is 5.84. The third-order valence-electron chi connectivity index (χ3n) is 3.21. The zero-order valence-corrected chi connectivity index (χ0v) is 10.9. The number of methoxy groups -OCH3 is 2. The molecule has 0 aliphatic carbocycles. The van der Waals surface area contributed by atoms with E-state index >= 15 is 0 Å². The van der Waals surface area contributed by atoms with Crippen molar-refractivity contribution in [1.82, 2.24) is 5.32 Å². The monoisotopic (exact) mass is 248 g/mol. The van der Waals surface area contributed by atoms with Crippen molar-refractivity contribution in [2.24, 2.45) is 4.99 Å². The van der Waals surface area contributed by atoms with Crippen molar-refractivity contribution < 1.29 is 9.47 Å². The summed E-state index contributed by atoms with van der Waals surface area (Å²) in [7, 11) is 3.28. The summed E-state index contributed by atoms with van der Waals surface area (Å²) in [6.45, 7) is 1.49. The molecule has 4 nitrogen and oxygen atoms in total. The maximum atomic E-state index is 5.13. The fourth-order valence-corrected chi connectivity index (χ4v) is 2.12. The van der Waals surface area contributed by atoms with Gasteiger partial charge < -0.3 is 14.8 Å². The second-order valence-electron chi connectivity index (χ2n) is 4.38. The summed E-state index contributed by atoms with van der Waals surface area (Å²) in [6, 6.07) is 10.5. The Morgan fingerprint density at radius 2 is 2.00 bits per heavy atom. The molecule has 0 saturated heterocycles. The Balaban J connectivity index is 1.81. The lowest BCUT2D eigenvalue weighted by Crippen LogP contribution is -2.33. The first-order valence-corrected chi connectivity index (χ1v) is 6.21. The first-order chi connectivity index (χ1) is 8.83. The van der Waals surface area contributed by atoms with Crippen LogP contribution < -0.4 is 5.32 Å². The number of rotatable bonds is 5. The minimum absolute atomic E-state index is 0.219. The molecule has 2 rings (SSSR count). The fourth-order valence-electron chi connectivity index (χ4n) is 2.12. The van der Waals surface area contributed by atoms with Gasteiger partial charge in [-0.15, -0.1) is 0 Å². The standard InChI is InChI=1S/C14H20N2O2/c1-17-14(18-2)10-16-13-8-12(9-15-13)11-6-4-3-5-7-11/h3-7,12,14H,8-10H2,1-2H3,(H,15,16). The van der Waals surface area contributed by atoms with Crippen LogP contribution in [-0.4, -0.2) is 39.4 Å². The van der Waals surface area contributed by atoms with Crippen molar-refractivity contribution in [2.75, 3.05) is 27.3 Å². The van der Waals surface area contributed by atoms with Crippen LogP contribution in [0.2, 0.25) is 0 Å². The molecule has 0 spiro atoms. The van der Waals surface area contributed by atoms with Crippen molar-refractivity contribution in [1.29, 1.82) is 0 Å². The van der Waals surface area contributed by atoms with Crippen molar-refractivity contribution in [3.63, 3.8) is 0 Å². The third-order valence-corrected chi connectivity index (χ3v) is 3.21. The van der Waals surface area contributed by atoms with Gasteiger partial charge in [0.1, 0.15) is 0 Å². The van der Waals surface area contributed by atoms with Crippen LogP contribution in [0.25, 0.3) is 0 Å². The summed E-state index contributed by atoms with van der Waals surface area (Å²) in [6.07, 6.45) is 0.743. The number of hydrogen-bond donors (Lipinski definition) is 1. The molecule has 1 aromatic carbocycles. The molecule has 1 atom stereocenters. The number of ether oxygens (including phenoxy) is 2. The van der Waals surface area contributed by atoms with Gasteiger partial charge in [0.05, 0.1) is 12.4 Å². The largest absolute Gasteiger partial charge is 0.369 e. The van der Waals surface area contributed by atoms with E-state index in [0.717, 1.165) is 18.8 Å². The molecule has 0 radical (unpaired) electrons. The second-order valence-corrected chi connectivity index (χ2v) is 4.38. The molecular weight excluding hydrogens is 228 g/mol. The van der Waals surface area contributed by atoms with Crippen LogP contribution >= 0.6 is 0 Å². The maximum absolute atomic E-state index is 5.13. The highest BCUT2D eigenvalue weighted by Gasteiger charge is 2.20. The Labute approximate surface area is 108 Å². The van der Waals surface area contributed by atoms with Gasteiger partial charge >= 0.3 is 0 Å². The maximum Gasteiger partial charge on any atom is 0.173 e. The minimum Gasteiger partial charge on any atom is -0.369 e. The van der Waals surface area contributed by atoms with E-state index in [2.05, 4.69) is 34.6 Å². The Morgan fingerprint density at radius 3 is 2.67 bits per heavy atom. The van der Waals surface area contributed by atoms with E-state index in [-0.39, 0.29) is 6.29 Å². The smallest absolute Gasteiger partial charge is 0.173 e. The second kappa shape index (κ2) is 6.52. The molecule has 1 aliphatic heterocycles. The average molecular weight is 248 g/mol. The Morgan fingerprint density at radius 1 is 1.28 bits per heavy atom. The van der Waals surface area contributed by atoms with Crippen molar-refractivity contribution in [3.05, 3.63) is 35.9 Å². The van der Waals surface area contributed by atoms with E-state index in [4.69, 9.17) is 9.47 Å². The van der Waals surface area contributed by atoms with Gasteiger partial charge in [0.2, 0.25) is 0 Å². The van der Waals surface area contributed by atoms with Gasteiger partial charge in [-0.3, -0.25) is 4.99 Å². The Hall–Kier alpha value is -1.39. The lowest BCUT2D eigenvalue weighted by Gasteiger charge is -2.15. The molecule has 4 heteroatoms. The number of aliphatic imine (C=N–C) groups is 1. The van der Waals surface area contributed by atoms with Gasteiger partial charge in [0, 0.05) is 33.1 Å². The summed E-state index contributed by atoms with van der Waals surface area (Å²) < 4.78 is 10.3. The van der Waals surface area contributed by atoms with Crippen LogP contribution in [0.4, 0.5) is 0 Å². The highest BCUT2D eigenvalue weighted by Crippen LogP contribution is 2.24. The first-order valence-electron chi connectivity index (χ1n) is 6.21. The van der Waals surface area contributed by atoms with Gasteiger partial charge in [-0.1, -0.05) is 30.3 Å². The van der Waals surface area contributed by atoms with Crippen LogP contribution in [0.5, 0.6) is 0 Å². The molecule has 18 heavy (non-hydrogen) atoms. The van der Waals surface area contributed by atoms with Crippen LogP contribution in [-0.2, 0) is 9.47 Å². The molecule has 1 heterocycles. The molecular formula is C14H20N2O2. The fraction of sp³-hybridized carbons (Fsp3) is 0.500. The molecule has 1 N–H and O–H groups in total. The van der Waals surface area contributed by atoms with Gasteiger partial charge in [-0.2, -0.15) is 0 Å². The van der Waals surface area contributed by atoms with Gasteiger partial charge in [-0.25, -0.2) is 0 Å². The molecule has 0 aromatic heterocycles.